The molecule has 2 aromatic rings. The molecule has 0 radical (unpaired) electrons. The third-order valence-corrected chi connectivity index (χ3v) is 7.60. The Morgan fingerprint density at radius 2 is 1.96 bits per heavy atom. The summed E-state index contributed by atoms with van der Waals surface area (Å²) in [6.07, 6.45) is 0.0794. The molecule has 0 saturated carbocycles. The van der Waals surface area contributed by atoms with Crippen molar-refractivity contribution < 1.29 is 17.9 Å². The molecule has 9 heteroatoms. The third kappa shape index (κ3) is 4.47. The summed E-state index contributed by atoms with van der Waals surface area (Å²) in [7, 11) is -3.71. The van der Waals surface area contributed by atoms with Gasteiger partial charge in [0.2, 0.25) is 10.0 Å². The minimum atomic E-state index is -3.71. The molecule has 0 unspecified atom stereocenters. The molecule has 1 aromatic heterocycles. The number of carbonyl (C=O) groups is 1. The highest BCUT2D eigenvalue weighted by molar-refractivity contribution is 7.88. The van der Waals surface area contributed by atoms with Crippen LogP contribution in [0.1, 0.15) is 21.7 Å². The van der Waals surface area contributed by atoms with E-state index in [-0.39, 0.29) is 31.1 Å². The number of thiophene rings is 1. The second-order valence-electron chi connectivity index (χ2n) is 5.90. The zero-order valence-electron chi connectivity index (χ0n) is 13.7. The maximum absolute atomic E-state index is 13.0. The summed E-state index contributed by atoms with van der Waals surface area (Å²) in [6.45, 7) is 0.679. The van der Waals surface area contributed by atoms with Crippen LogP contribution >= 0.6 is 34.5 Å². The van der Waals surface area contributed by atoms with Crippen LogP contribution in [0.4, 0.5) is 0 Å². The molecule has 26 heavy (non-hydrogen) atoms. The van der Waals surface area contributed by atoms with Gasteiger partial charge in [-0.25, -0.2) is 8.42 Å². The van der Waals surface area contributed by atoms with Crippen LogP contribution in [0.25, 0.3) is 0 Å². The Morgan fingerprint density at radius 1 is 1.23 bits per heavy atom. The quantitative estimate of drug-likeness (QED) is 0.648. The van der Waals surface area contributed by atoms with Gasteiger partial charge >= 0.3 is 0 Å². The molecule has 1 saturated heterocycles. The molecule has 0 aliphatic carbocycles. The molecule has 0 amide bonds. The lowest BCUT2D eigenvalue weighted by atomic mass is 10.1. The molecule has 1 aliphatic heterocycles. The number of ketones is 1. The number of Topliss-reactive ketones (excluding diaryl/α,β-unsaturated/α-hetero) is 1. The third-order valence-electron chi connectivity index (χ3n) is 4.14. The van der Waals surface area contributed by atoms with Crippen molar-refractivity contribution in [3.63, 3.8) is 0 Å². The normalized spacial score (nSPS) is 18.8. The van der Waals surface area contributed by atoms with Gasteiger partial charge in [-0.3, -0.25) is 4.79 Å². The first-order valence-electron chi connectivity index (χ1n) is 7.95. The predicted octanol–water partition coefficient (Wildman–Crippen LogP) is 3.86. The minimum Gasteiger partial charge on any atom is -0.378 e. The second-order valence-corrected chi connectivity index (χ2v) is 9.58. The molecule has 3 rings (SSSR count). The van der Waals surface area contributed by atoms with Gasteiger partial charge in [0.25, 0.3) is 0 Å². The summed E-state index contributed by atoms with van der Waals surface area (Å²) < 4.78 is 32.7. The Morgan fingerprint density at radius 3 is 2.62 bits per heavy atom. The molecule has 0 bridgehead atoms. The second kappa shape index (κ2) is 8.37. The number of halogens is 2. The van der Waals surface area contributed by atoms with Crippen LogP contribution in [0.15, 0.2) is 35.7 Å². The van der Waals surface area contributed by atoms with E-state index in [1.807, 2.05) is 5.38 Å². The molecule has 1 fully saturated rings. The maximum Gasteiger partial charge on any atom is 0.218 e. The van der Waals surface area contributed by atoms with E-state index in [0.29, 0.717) is 27.1 Å². The van der Waals surface area contributed by atoms with Crippen LogP contribution < -0.4 is 0 Å². The lowest BCUT2D eigenvalue weighted by molar-refractivity contribution is 0.0293. The minimum absolute atomic E-state index is 0.0794. The SMILES string of the molecule is O=C(C[C@@H]1COCCN1S(=O)(=O)Cc1c(Cl)cccc1Cl)c1cccs1. The molecule has 5 nitrogen and oxygen atoms in total. The summed E-state index contributed by atoms with van der Waals surface area (Å²) in [6, 6.07) is 7.87. The topological polar surface area (TPSA) is 63.7 Å². The van der Waals surface area contributed by atoms with Gasteiger partial charge in [-0.15, -0.1) is 11.3 Å². The van der Waals surface area contributed by atoms with Crippen LogP contribution in [0.3, 0.4) is 0 Å². The van der Waals surface area contributed by atoms with Gasteiger partial charge in [0.1, 0.15) is 0 Å². The molecule has 1 aromatic carbocycles. The Hall–Kier alpha value is -0.960. The monoisotopic (exact) mass is 433 g/mol. The van der Waals surface area contributed by atoms with E-state index >= 15 is 0 Å². The van der Waals surface area contributed by atoms with E-state index in [2.05, 4.69) is 0 Å². The highest BCUT2D eigenvalue weighted by Gasteiger charge is 2.35. The molecule has 1 atom stereocenters. The van der Waals surface area contributed by atoms with Crippen LogP contribution in [0.5, 0.6) is 0 Å². The molecular weight excluding hydrogens is 417 g/mol. The zero-order chi connectivity index (χ0) is 18.7. The highest BCUT2D eigenvalue weighted by Crippen LogP contribution is 2.29. The summed E-state index contributed by atoms with van der Waals surface area (Å²) in [5.41, 5.74) is 0.366. The van der Waals surface area contributed by atoms with Gasteiger partial charge < -0.3 is 4.74 Å². The van der Waals surface area contributed by atoms with E-state index in [1.165, 1.54) is 15.6 Å². The van der Waals surface area contributed by atoms with Crippen molar-refractivity contribution in [2.45, 2.75) is 18.2 Å². The molecule has 0 N–H and O–H groups in total. The first-order chi connectivity index (χ1) is 12.4. The zero-order valence-corrected chi connectivity index (χ0v) is 16.9. The van der Waals surface area contributed by atoms with Crippen LogP contribution in [0, 0.1) is 0 Å². The fraction of sp³-hybridized carbons (Fsp3) is 0.353. The van der Waals surface area contributed by atoms with Crippen LogP contribution in [-0.2, 0) is 20.5 Å². The predicted molar refractivity (Wildman–Crippen MR) is 104 cm³/mol. The average molecular weight is 434 g/mol. The summed E-state index contributed by atoms with van der Waals surface area (Å²) in [5.74, 6) is -0.402. The standard InChI is InChI=1S/C17H17Cl2NO4S2/c18-14-3-1-4-15(19)13(14)11-26(22,23)20-6-7-24-10-12(20)9-16(21)17-5-2-8-25-17/h1-5,8,12H,6-7,9-11H2/t12-/m1/s1. The van der Waals surface area contributed by atoms with Crippen molar-refractivity contribution in [3.8, 4) is 0 Å². The number of morpholine rings is 1. The number of benzene rings is 1. The Kier molecular flexibility index (Phi) is 6.37. The fourth-order valence-electron chi connectivity index (χ4n) is 2.85. The van der Waals surface area contributed by atoms with E-state index in [1.54, 1.807) is 30.3 Å². The fourth-order valence-corrected chi connectivity index (χ4v) is 6.00. The van der Waals surface area contributed by atoms with Crippen molar-refractivity contribution >= 4 is 50.3 Å². The van der Waals surface area contributed by atoms with Gasteiger partial charge in [0.05, 0.1) is 29.9 Å². The lowest BCUT2D eigenvalue weighted by Gasteiger charge is -2.34. The molecule has 140 valence electrons. The number of hydrogen-bond donors (Lipinski definition) is 0. The Balaban J connectivity index is 1.81. The number of hydrogen-bond acceptors (Lipinski definition) is 5. The maximum atomic E-state index is 13.0. The number of ether oxygens (including phenoxy) is 1. The lowest BCUT2D eigenvalue weighted by Crippen LogP contribution is -2.49. The van der Waals surface area contributed by atoms with Crippen LogP contribution in [-0.4, -0.2) is 44.3 Å². The smallest absolute Gasteiger partial charge is 0.218 e. The van der Waals surface area contributed by atoms with Crippen LogP contribution in [0.2, 0.25) is 10.0 Å². The number of rotatable bonds is 6. The molecule has 0 spiro atoms. The van der Waals surface area contributed by atoms with Crippen molar-refractivity contribution in [3.05, 3.63) is 56.2 Å². The highest BCUT2D eigenvalue weighted by atomic mass is 35.5. The van der Waals surface area contributed by atoms with E-state index < -0.39 is 16.1 Å². The van der Waals surface area contributed by atoms with E-state index in [4.69, 9.17) is 27.9 Å². The molecule has 2 heterocycles. The van der Waals surface area contributed by atoms with Gasteiger partial charge in [-0.05, 0) is 23.6 Å². The van der Waals surface area contributed by atoms with Crippen molar-refractivity contribution in [2.75, 3.05) is 19.8 Å². The molecule has 1 aliphatic rings. The summed E-state index contributed by atoms with van der Waals surface area (Å²) in [4.78, 5) is 13.0. The largest absolute Gasteiger partial charge is 0.378 e. The summed E-state index contributed by atoms with van der Waals surface area (Å²) >= 11 is 13.6. The van der Waals surface area contributed by atoms with Gasteiger partial charge in [0.15, 0.2) is 5.78 Å². The van der Waals surface area contributed by atoms with Gasteiger partial charge in [-0.2, -0.15) is 4.31 Å². The first-order valence-corrected chi connectivity index (χ1v) is 11.2. The van der Waals surface area contributed by atoms with E-state index in [0.717, 1.165) is 0 Å². The molecular formula is C17H17Cl2NO4S2. The van der Waals surface area contributed by atoms with E-state index in [9.17, 15) is 13.2 Å². The van der Waals surface area contributed by atoms with Crippen molar-refractivity contribution in [2.24, 2.45) is 0 Å². The van der Waals surface area contributed by atoms with Gasteiger partial charge in [-0.1, -0.05) is 35.3 Å². The first kappa shape index (κ1) is 19.8. The number of carbonyl (C=O) groups excluding carboxylic acids is 1. The number of nitrogens with zero attached hydrogens (tertiary/aromatic N) is 1. The van der Waals surface area contributed by atoms with Gasteiger partial charge in [0, 0.05) is 28.6 Å². The van der Waals surface area contributed by atoms with Crippen molar-refractivity contribution in [1.29, 1.82) is 0 Å². The Bertz CT molecular complexity index is 864. The summed E-state index contributed by atoms with van der Waals surface area (Å²) in [5, 5.41) is 2.43. The Labute approximate surface area is 166 Å². The average Bonchev–Trinajstić information content (AvgIpc) is 3.13. The number of sulfonamides is 1. The van der Waals surface area contributed by atoms with Crippen molar-refractivity contribution in [1.82, 2.24) is 4.31 Å².